The van der Waals surface area contributed by atoms with Gasteiger partial charge in [-0.25, -0.2) is 26.7 Å². The Kier molecular flexibility index (Phi) is 12.6. The summed E-state index contributed by atoms with van der Waals surface area (Å²) in [6, 6.07) is 4.62. The Morgan fingerprint density at radius 3 is 1.91 bits per heavy atom. The molecule has 12 nitrogen and oxygen atoms in total. The highest BCUT2D eigenvalue weighted by molar-refractivity contribution is 7.90. The molecule has 1 aromatic carbocycles. The minimum Gasteiger partial charge on any atom is -0.463 e. The van der Waals surface area contributed by atoms with Crippen LogP contribution in [0.5, 0.6) is 0 Å². The summed E-state index contributed by atoms with van der Waals surface area (Å²) >= 11 is 11.6. The fraction of sp³-hybridized carbons (Fsp3) is 0.464. The molecule has 0 radical (unpaired) electrons. The molecule has 1 amide bonds. The number of halogens is 2. The van der Waals surface area contributed by atoms with Crippen molar-refractivity contribution in [3.8, 4) is 0 Å². The smallest absolute Gasteiger partial charge is 0.306 e. The molecule has 0 saturated carbocycles. The molecule has 3 aromatic rings. The molecule has 3 rings (SSSR count). The lowest BCUT2D eigenvalue weighted by molar-refractivity contribution is -0.671. The van der Waals surface area contributed by atoms with Gasteiger partial charge in [-0.1, -0.05) is 35.3 Å². The Morgan fingerprint density at radius 1 is 0.907 bits per heavy atom. The molecule has 15 heteroatoms. The quantitative estimate of drug-likeness (QED) is 0.141. The number of nitrogens with zero attached hydrogens (tertiary/aromatic N) is 4. The van der Waals surface area contributed by atoms with E-state index in [0.717, 1.165) is 6.26 Å². The summed E-state index contributed by atoms with van der Waals surface area (Å²) in [7, 11) is 0.290. The fourth-order valence-electron chi connectivity index (χ4n) is 4.27. The molecule has 2 heterocycles. The number of hydrogen-bond acceptors (Lipinski definition) is 7. The van der Waals surface area contributed by atoms with Gasteiger partial charge in [0.2, 0.25) is 12.7 Å². The van der Waals surface area contributed by atoms with Gasteiger partial charge in [0.1, 0.15) is 37.4 Å². The van der Waals surface area contributed by atoms with Crippen molar-refractivity contribution in [1.29, 1.82) is 0 Å². The number of sulfone groups is 1. The molecule has 0 aliphatic heterocycles. The van der Waals surface area contributed by atoms with Crippen LogP contribution in [0.3, 0.4) is 0 Å². The van der Waals surface area contributed by atoms with Gasteiger partial charge < -0.3 is 14.8 Å². The summed E-state index contributed by atoms with van der Waals surface area (Å²) in [5, 5.41) is 2.60. The van der Waals surface area contributed by atoms with Crippen LogP contribution in [0, 0.1) is 0 Å². The molecular weight excluding hydrogens is 621 g/mol. The largest absolute Gasteiger partial charge is 0.463 e. The SMILES string of the molecule is C[n+]1ccn(CCCC(=O)OC[C@@H](NC(=O)C(Cl)Cl)[C@H](OC(=O)CCCn2cc[n+](C)c2)c2ccc(S(C)(=O)=O)cc2)c1. The van der Waals surface area contributed by atoms with E-state index in [1.807, 2.05) is 69.8 Å². The summed E-state index contributed by atoms with van der Waals surface area (Å²) < 4.78 is 42.9. The van der Waals surface area contributed by atoms with Crippen LogP contribution in [-0.4, -0.2) is 59.1 Å². The van der Waals surface area contributed by atoms with E-state index < -0.39 is 44.7 Å². The predicted molar refractivity (Wildman–Crippen MR) is 156 cm³/mol. The van der Waals surface area contributed by atoms with E-state index in [0.29, 0.717) is 31.5 Å². The minimum absolute atomic E-state index is 0.0606. The van der Waals surface area contributed by atoms with Gasteiger partial charge in [-0.15, -0.1) is 0 Å². The van der Waals surface area contributed by atoms with Crippen molar-refractivity contribution in [2.45, 2.75) is 60.7 Å². The van der Waals surface area contributed by atoms with Gasteiger partial charge >= 0.3 is 11.9 Å². The summed E-state index contributed by atoms with van der Waals surface area (Å²) in [6.45, 7) is 0.822. The van der Waals surface area contributed by atoms with Crippen LogP contribution in [0.1, 0.15) is 37.4 Å². The monoisotopic (exact) mass is 657 g/mol. The van der Waals surface area contributed by atoms with Gasteiger partial charge in [-0.05, 0) is 30.5 Å². The molecule has 1 N–H and O–H groups in total. The van der Waals surface area contributed by atoms with Crippen molar-refractivity contribution in [2.75, 3.05) is 12.9 Å². The number of nitrogens with one attached hydrogen (secondary N) is 1. The van der Waals surface area contributed by atoms with Crippen molar-refractivity contribution in [1.82, 2.24) is 14.5 Å². The fourth-order valence-corrected chi connectivity index (χ4v) is 5.03. The summed E-state index contributed by atoms with van der Waals surface area (Å²) in [4.78, 5) is 36.7. The first-order chi connectivity index (χ1) is 20.3. The van der Waals surface area contributed by atoms with Crippen LogP contribution in [0.4, 0.5) is 0 Å². The molecule has 234 valence electrons. The van der Waals surface area contributed by atoms with Gasteiger partial charge in [0.25, 0.3) is 5.91 Å². The standard InChI is InChI=1S/C28H36Cl2N5O7S/c1-32-14-16-34(19-32)12-4-6-24(36)41-18-23(31-28(38)27(29)30)26(21-8-10-22(11-9-21)43(3,39)40)42-25(37)7-5-13-35-17-15-33(2)20-35/h8-11,14-17,19-20,23,26-27H,4-7,12-13,18H2,1-3H3/q+1/p+1/t23-,26-/m1/s1. The van der Waals surface area contributed by atoms with E-state index in [9.17, 15) is 22.8 Å². The van der Waals surface area contributed by atoms with Crippen molar-refractivity contribution in [3.63, 3.8) is 0 Å². The van der Waals surface area contributed by atoms with Gasteiger partial charge in [0.15, 0.2) is 20.8 Å². The second kappa shape index (κ2) is 15.9. The van der Waals surface area contributed by atoms with E-state index in [-0.39, 0.29) is 24.3 Å². The van der Waals surface area contributed by atoms with E-state index >= 15 is 0 Å². The van der Waals surface area contributed by atoms with Gasteiger partial charge in [0.05, 0.1) is 32.1 Å². The van der Waals surface area contributed by atoms with Crippen LogP contribution >= 0.6 is 23.2 Å². The number of ether oxygens (including phenoxy) is 2. The molecule has 0 saturated heterocycles. The van der Waals surface area contributed by atoms with Crippen molar-refractivity contribution in [2.24, 2.45) is 14.1 Å². The highest BCUT2D eigenvalue weighted by Crippen LogP contribution is 2.25. The lowest BCUT2D eigenvalue weighted by Gasteiger charge is -2.28. The Labute approximate surface area is 261 Å². The first-order valence-electron chi connectivity index (χ1n) is 13.6. The predicted octanol–water partition coefficient (Wildman–Crippen LogP) is 1.72. The summed E-state index contributed by atoms with van der Waals surface area (Å²) in [5.41, 5.74) is 0.376. The number of carbonyl (C=O) groups excluding carboxylic acids is 3. The zero-order chi connectivity index (χ0) is 31.6. The maximum absolute atomic E-state index is 13.0. The molecule has 0 aliphatic rings. The number of imidazole rings is 2. The zero-order valence-electron chi connectivity index (χ0n) is 24.3. The van der Waals surface area contributed by atoms with Gasteiger partial charge in [-0.3, -0.25) is 14.4 Å². The highest BCUT2D eigenvalue weighted by Gasteiger charge is 2.31. The molecule has 0 fully saturated rings. The first kappa shape index (κ1) is 34.1. The van der Waals surface area contributed by atoms with Gasteiger partial charge in [-0.2, -0.15) is 0 Å². The van der Waals surface area contributed by atoms with Crippen molar-refractivity contribution < 1.29 is 41.4 Å². The third kappa shape index (κ3) is 11.3. The van der Waals surface area contributed by atoms with E-state index in [4.69, 9.17) is 32.7 Å². The van der Waals surface area contributed by atoms with E-state index in [2.05, 4.69) is 5.32 Å². The Hall–Kier alpha value is -3.42. The second-order valence-electron chi connectivity index (χ2n) is 10.2. The van der Waals surface area contributed by atoms with Crippen molar-refractivity contribution in [3.05, 3.63) is 67.3 Å². The molecule has 43 heavy (non-hydrogen) atoms. The minimum atomic E-state index is -3.49. The third-order valence-corrected chi connectivity index (χ3v) is 7.98. The Morgan fingerprint density at radius 2 is 1.44 bits per heavy atom. The highest BCUT2D eigenvalue weighted by atomic mass is 35.5. The number of hydrogen-bond donors (Lipinski definition) is 1. The zero-order valence-corrected chi connectivity index (χ0v) is 26.6. The number of esters is 2. The van der Waals surface area contributed by atoms with Crippen molar-refractivity contribution >= 4 is 50.9 Å². The Bertz CT molecular complexity index is 1490. The van der Waals surface area contributed by atoms with Crippen LogP contribution in [0.2, 0.25) is 0 Å². The number of aryl methyl sites for hydroxylation is 4. The molecular formula is C28H37Cl2N5O7S+2. The molecule has 0 aliphatic carbocycles. The van der Waals surface area contributed by atoms with Crippen LogP contribution in [0.25, 0.3) is 0 Å². The molecule has 2 atom stereocenters. The number of alkyl halides is 2. The Balaban J connectivity index is 1.75. The van der Waals surface area contributed by atoms with Gasteiger partial charge in [0, 0.05) is 19.1 Å². The van der Waals surface area contributed by atoms with E-state index in [1.165, 1.54) is 24.3 Å². The van der Waals surface area contributed by atoms with E-state index in [1.54, 1.807) is 0 Å². The maximum Gasteiger partial charge on any atom is 0.306 e. The number of amides is 1. The lowest BCUT2D eigenvalue weighted by Crippen LogP contribution is -2.46. The number of aromatic nitrogens is 4. The third-order valence-electron chi connectivity index (χ3n) is 6.45. The molecule has 2 aromatic heterocycles. The summed E-state index contributed by atoms with van der Waals surface area (Å²) in [5.74, 6) is -1.85. The van der Waals surface area contributed by atoms with Crippen LogP contribution in [0.15, 0.2) is 66.6 Å². The second-order valence-corrected chi connectivity index (χ2v) is 13.3. The summed E-state index contributed by atoms with van der Waals surface area (Å²) in [6.07, 6.45) is 12.4. The maximum atomic E-state index is 13.0. The molecule has 0 spiro atoms. The molecule has 0 unspecified atom stereocenters. The topological polar surface area (TPSA) is 133 Å². The number of rotatable bonds is 16. The first-order valence-corrected chi connectivity index (χ1v) is 16.3. The average Bonchev–Trinajstić information content (AvgIpc) is 3.56. The van der Waals surface area contributed by atoms with Crippen LogP contribution < -0.4 is 14.5 Å². The number of benzene rings is 1. The number of carbonyl (C=O) groups is 3. The molecule has 0 bridgehead atoms. The average molecular weight is 659 g/mol. The van der Waals surface area contributed by atoms with Crippen LogP contribution in [-0.2, 0) is 60.9 Å². The normalized spacial score (nSPS) is 13.0. The lowest BCUT2D eigenvalue weighted by atomic mass is 10.0.